The molecule has 0 aliphatic heterocycles. The highest BCUT2D eigenvalue weighted by molar-refractivity contribution is 5.20. The Morgan fingerprint density at radius 2 is 1.94 bits per heavy atom. The minimum Gasteiger partial charge on any atom is -0.465 e. The molecular weight excluding hydrogens is 224 g/mol. The van der Waals surface area contributed by atoms with E-state index in [0.717, 1.165) is 31.2 Å². The second-order valence-corrected chi connectivity index (χ2v) is 4.96. The van der Waals surface area contributed by atoms with Crippen LogP contribution in [0.3, 0.4) is 0 Å². The van der Waals surface area contributed by atoms with Gasteiger partial charge in [-0.05, 0) is 39.4 Å². The lowest BCUT2D eigenvalue weighted by atomic mass is 10.1. The van der Waals surface area contributed by atoms with Crippen molar-refractivity contribution in [2.75, 3.05) is 13.6 Å². The van der Waals surface area contributed by atoms with E-state index in [1.54, 1.807) is 0 Å². The van der Waals surface area contributed by atoms with Crippen LogP contribution in [0.1, 0.15) is 50.7 Å². The Hall–Kier alpha value is -0.800. The third-order valence-electron chi connectivity index (χ3n) is 3.61. The van der Waals surface area contributed by atoms with Crippen LogP contribution in [0.5, 0.6) is 0 Å². The van der Waals surface area contributed by atoms with E-state index >= 15 is 0 Å². The second-order valence-electron chi connectivity index (χ2n) is 4.96. The minimum absolute atomic E-state index is 0.646. The fourth-order valence-corrected chi connectivity index (χ4v) is 2.39. The second kappa shape index (κ2) is 7.59. The monoisotopic (exact) mass is 252 g/mol. The van der Waals surface area contributed by atoms with Gasteiger partial charge in [-0.2, -0.15) is 0 Å². The van der Waals surface area contributed by atoms with Crippen molar-refractivity contribution in [1.29, 1.82) is 0 Å². The Kier molecular flexibility index (Phi) is 6.44. The lowest BCUT2D eigenvalue weighted by Crippen LogP contribution is -2.29. The third kappa shape index (κ3) is 4.14. The van der Waals surface area contributed by atoms with E-state index in [1.807, 2.05) is 6.92 Å². The Morgan fingerprint density at radius 1 is 1.28 bits per heavy atom. The highest BCUT2D eigenvalue weighted by Gasteiger charge is 2.14. The van der Waals surface area contributed by atoms with Crippen LogP contribution in [0, 0.1) is 6.92 Å². The zero-order chi connectivity index (χ0) is 13.5. The molecule has 0 amide bonds. The minimum atomic E-state index is 0.646. The van der Waals surface area contributed by atoms with Crippen molar-refractivity contribution in [3.8, 4) is 0 Å². The summed E-state index contributed by atoms with van der Waals surface area (Å²) in [5, 5.41) is 3.34. The van der Waals surface area contributed by atoms with Crippen LogP contribution in [-0.2, 0) is 13.1 Å². The molecule has 0 aliphatic carbocycles. The molecule has 3 nitrogen and oxygen atoms in total. The summed E-state index contributed by atoms with van der Waals surface area (Å²) < 4.78 is 5.84. The van der Waals surface area contributed by atoms with E-state index < -0.39 is 0 Å². The molecule has 0 saturated heterocycles. The fourth-order valence-electron chi connectivity index (χ4n) is 2.39. The summed E-state index contributed by atoms with van der Waals surface area (Å²) in [7, 11) is 2.18. The van der Waals surface area contributed by atoms with E-state index in [2.05, 4.69) is 44.1 Å². The summed E-state index contributed by atoms with van der Waals surface area (Å²) in [5.74, 6) is 2.12. The molecule has 1 N–H and O–H groups in total. The van der Waals surface area contributed by atoms with Crippen molar-refractivity contribution in [1.82, 2.24) is 10.2 Å². The largest absolute Gasteiger partial charge is 0.465 e. The van der Waals surface area contributed by atoms with Gasteiger partial charge in [0.25, 0.3) is 0 Å². The van der Waals surface area contributed by atoms with Gasteiger partial charge in [0, 0.05) is 18.2 Å². The Bertz CT molecular complexity index is 342. The number of aryl methyl sites for hydroxylation is 1. The number of hydrogen-bond donors (Lipinski definition) is 1. The van der Waals surface area contributed by atoms with Crippen LogP contribution in [0.2, 0.25) is 0 Å². The van der Waals surface area contributed by atoms with E-state index in [9.17, 15) is 0 Å². The van der Waals surface area contributed by atoms with Crippen molar-refractivity contribution >= 4 is 0 Å². The summed E-state index contributed by atoms with van der Waals surface area (Å²) in [6.07, 6.45) is 2.38. The maximum Gasteiger partial charge on any atom is 0.118 e. The molecule has 3 heteroatoms. The smallest absolute Gasteiger partial charge is 0.118 e. The van der Waals surface area contributed by atoms with E-state index in [-0.39, 0.29) is 0 Å². The molecule has 18 heavy (non-hydrogen) atoms. The summed E-state index contributed by atoms with van der Waals surface area (Å²) in [6.45, 7) is 11.5. The summed E-state index contributed by atoms with van der Waals surface area (Å²) >= 11 is 0. The number of rotatable bonds is 8. The van der Waals surface area contributed by atoms with E-state index in [1.165, 1.54) is 18.4 Å². The number of nitrogens with one attached hydrogen (secondary N) is 1. The van der Waals surface area contributed by atoms with Crippen molar-refractivity contribution < 1.29 is 4.42 Å². The topological polar surface area (TPSA) is 28.4 Å². The molecule has 104 valence electrons. The molecule has 0 spiro atoms. The van der Waals surface area contributed by atoms with Gasteiger partial charge in [-0.3, -0.25) is 4.90 Å². The molecule has 0 unspecified atom stereocenters. The van der Waals surface area contributed by atoms with Gasteiger partial charge < -0.3 is 9.73 Å². The zero-order valence-corrected chi connectivity index (χ0v) is 12.5. The lowest BCUT2D eigenvalue weighted by Gasteiger charge is -2.24. The van der Waals surface area contributed by atoms with Gasteiger partial charge in [-0.25, -0.2) is 0 Å². The average Bonchev–Trinajstić information content (AvgIpc) is 2.68. The van der Waals surface area contributed by atoms with Crippen LogP contribution in [0.25, 0.3) is 0 Å². The first-order chi connectivity index (χ1) is 8.62. The van der Waals surface area contributed by atoms with E-state index in [4.69, 9.17) is 4.42 Å². The summed E-state index contributed by atoms with van der Waals surface area (Å²) in [6, 6.07) is 2.84. The average molecular weight is 252 g/mol. The molecule has 0 aromatic carbocycles. The first-order valence-electron chi connectivity index (χ1n) is 7.11. The van der Waals surface area contributed by atoms with Crippen LogP contribution in [0.15, 0.2) is 10.5 Å². The summed E-state index contributed by atoms with van der Waals surface area (Å²) in [4.78, 5) is 2.38. The lowest BCUT2D eigenvalue weighted by molar-refractivity contribution is 0.204. The Morgan fingerprint density at radius 3 is 2.50 bits per heavy atom. The first kappa shape index (κ1) is 15.3. The van der Waals surface area contributed by atoms with Gasteiger partial charge in [0.05, 0.1) is 6.54 Å². The first-order valence-corrected chi connectivity index (χ1v) is 7.11. The Balaban J connectivity index is 2.62. The molecule has 0 atom stereocenters. The highest BCUT2D eigenvalue weighted by Crippen LogP contribution is 2.18. The van der Waals surface area contributed by atoms with Gasteiger partial charge in [-0.1, -0.05) is 20.8 Å². The standard InChI is InChI=1S/C15H28N2O/c1-6-14(7-2)17(5)11-15-9-13(10-16-8-3)12(4)18-15/h9,14,16H,6-8,10-11H2,1-5H3. The van der Waals surface area contributed by atoms with Crippen LogP contribution in [0.4, 0.5) is 0 Å². The molecule has 1 aromatic rings. The Labute approximate surface area is 112 Å². The predicted octanol–water partition coefficient (Wildman–Crippen LogP) is 3.32. The zero-order valence-electron chi connectivity index (χ0n) is 12.5. The van der Waals surface area contributed by atoms with Crippen molar-refractivity contribution in [2.24, 2.45) is 0 Å². The molecule has 1 rings (SSSR count). The number of hydrogen-bond acceptors (Lipinski definition) is 3. The quantitative estimate of drug-likeness (QED) is 0.769. The van der Waals surface area contributed by atoms with Gasteiger partial charge in [0.1, 0.15) is 11.5 Å². The van der Waals surface area contributed by atoms with Crippen molar-refractivity contribution in [2.45, 2.75) is 59.7 Å². The molecule has 0 saturated carbocycles. The molecule has 0 radical (unpaired) electrons. The molecule has 1 aromatic heterocycles. The van der Waals surface area contributed by atoms with Gasteiger partial charge in [0.2, 0.25) is 0 Å². The summed E-state index contributed by atoms with van der Waals surface area (Å²) in [5.41, 5.74) is 1.28. The van der Waals surface area contributed by atoms with Crippen LogP contribution >= 0.6 is 0 Å². The fraction of sp³-hybridized carbons (Fsp3) is 0.733. The number of furan rings is 1. The van der Waals surface area contributed by atoms with Crippen molar-refractivity contribution in [3.05, 3.63) is 23.2 Å². The maximum absolute atomic E-state index is 5.84. The molecular formula is C15H28N2O. The molecule has 1 heterocycles. The van der Waals surface area contributed by atoms with Crippen LogP contribution < -0.4 is 5.32 Å². The van der Waals surface area contributed by atoms with Crippen molar-refractivity contribution in [3.63, 3.8) is 0 Å². The predicted molar refractivity (Wildman–Crippen MR) is 76.7 cm³/mol. The highest BCUT2D eigenvalue weighted by atomic mass is 16.3. The maximum atomic E-state index is 5.84. The molecule has 0 fully saturated rings. The van der Waals surface area contributed by atoms with Gasteiger partial charge >= 0.3 is 0 Å². The number of nitrogens with zero attached hydrogens (tertiary/aromatic N) is 1. The SMILES string of the molecule is CCNCc1cc(CN(C)C(CC)CC)oc1C. The van der Waals surface area contributed by atoms with Crippen LogP contribution in [-0.4, -0.2) is 24.5 Å². The van der Waals surface area contributed by atoms with E-state index in [0.29, 0.717) is 6.04 Å². The molecule has 0 bridgehead atoms. The molecule has 0 aliphatic rings. The normalized spacial score (nSPS) is 11.7. The van der Waals surface area contributed by atoms with Gasteiger partial charge in [0.15, 0.2) is 0 Å². The van der Waals surface area contributed by atoms with Gasteiger partial charge in [-0.15, -0.1) is 0 Å². The third-order valence-corrected chi connectivity index (χ3v) is 3.61.